The van der Waals surface area contributed by atoms with Gasteiger partial charge in [0.25, 0.3) is 0 Å². The van der Waals surface area contributed by atoms with Crippen molar-refractivity contribution < 1.29 is 18.3 Å². The minimum absolute atomic E-state index is 0.130. The minimum atomic E-state index is -0.200. The van der Waals surface area contributed by atoms with E-state index in [-0.39, 0.29) is 11.6 Å². The molecule has 0 bridgehead atoms. The van der Waals surface area contributed by atoms with Crippen LogP contribution in [-0.2, 0) is 12.8 Å². The van der Waals surface area contributed by atoms with E-state index in [4.69, 9.17) is 9.47 Å². The van der Waals surface area contributed by atoms with Gasteiger partial charge in [0.15, 0.2) is 0 Å². The summed E-state index contributed by atoms with van der Waals surface area (Å²) < 4.78 is 39.1. The largest absolute Gasteiger partial charge is 0.493 e. The number of fused-ring (bicyclic) bond motifs is 2. The summed E-state index contributed by atoms with van der Waals surface area (Å²) in [5.41, 5.74) is 2.03. The lowest BCUT2D eigenvalue weighted by Crippen LogP contribution is -2.21. The smallest absolute Gasteiger partial charge is 0.137 e. The van der Waals surface area contributed by atoms with Gasteiger partial charge in [0, 0.05) is 0 Å². The number of hydrogen-bond donors (Lipinski definition) is 0. The van der Waals surface area contributed by atoms with Crippen molar-refractivity contribution >= 4 is 38.5 Å². The third-order valence-corrected chi connectivity index (χ3v) is 7.00. The van der Waals surface area contributed by atoms with E-state index < -0.39 is 0 Å². The molecule has 2 nitrogen and oxygen atoms in total. The SMILES string of the molecule is CCCC1COc2cc(Br)c(F)cc2C1.CCCC1COc2cc(I)c(F)cc2C1. The lowest BCUT2D eigenvalue weighted by atomic mass is 9.93. The molecule has 2 atom stereocenters. The van der Waals surface area contributed by atoms with Gasteiger partial charge in [-0.2, -0.15) is 0 Å². The van der Waals surface area contributed by atoms with Crippen LogP contribution in [0.1, 0.15) is 50.7 Å². The number of hydrogen-bond acceptors (Lipinski definition) is 2. The predicted molar refractivity (Wildman–Crippen MR) is 128 cm³/mol. The van der Waals surface area contributed by atoms with E-state index in [2.05, 4.69) is 29.8 Å². The first-order chi connectivity index (χ1) is 14.4. The summed E-state index contributed by atoms with van der Waals surface area (Å²) in [5, 5.41) is 0. The highest BCUT2D eigenvalue weighted by molar-refractivity contribution is 14.1. The highest BCUT2D eigenvalue weighted by atomic mass is 127. The molecule has 0 amide bonds. The molecule has 0 saturated carbocycles. The second kappa shape index (κ2) is 11.1. The molecule has 0 radical (unpaired) electrons. The molecule has 2 heterocycles. The van der Waals surface area contributed by atoms with Crippen molar-refractivity contribution in [3.05, 3.63) is 55.1 Å². The first-order valence-electron chi connectivity index (χ1n) is 10.6. The second-order valence-corrected chi connectivity index (χ2v) is 10.1. The van der Waals surface area contributed by atoms with Crippen LogP contribution < -0.4 is 9.47 Å². The Morgan fingerprint density at radius 3 is 1.90 bits per heavy atom. The van der Waals surface area contributed by atoms with Crippen molar-refractivity contribution in [3.63, 3.8) is 0 Å². The number of ether oxygens (including phenoxy) is 2. The standard InChI is InChI=1S/C12H14BrFO.C12H14FIO/c1-2-3-8-4-9-5-11(14)10(13)6-12(9)15-7-8;1-2-3-8-4-9-5-10(13)11(14)6-12(9)15-7-8/h2*5-6,8H,2-4,7H2,1H3. The van der Waals surface area contributed by atoms with Gasteiger partial charge in [-0.1, -0.05) is 26.7 Å². The summed E-state index contributed by atoms with van der Waals surface area (Å²) in [5.74, 6) is 2.47. The van der Waals surface area contributed by atoms with E-state index in [1.807, 2.05) is 22.6 Å². The van der Waals surface area contributed by atoms with Crippen molar-refractivity contribution in [2.45, 2.75) is 52.4 Å². The Kier molecular flexibility index (Phi) is 8.81. The van der Waals surface area contributed by atoms with Gasteiger partial charge in [-0.25, -0.2) is 8.78 Å². The van der Waals surface area contributed by atoms with Crippen LogP contribution in [0.25, 0.3) is 0 Å². The minimum Gasteiger partial charge on any atom is -0.493 e. The summed E-state index contributed by atoms with van der Waals surface area (Å²) in [7, 11) is 0. The normalized spacial score (nSPS) is 19.5. The summed E-state index contributed by atoms with van der Waals surface area (Å²) in [4.78, 5) is 0. The number of rotatable bonds is 4. The first kappa shape index (κ1) is 23.8. The van der Waals surface area contributed by atoms with Gasteiger partial charge in [-0.05, 0) is 111 Å². The van der Waals surface area contributed by atoms with Gasteiger partial charge >= 0.3 is 0 Å². The summed E-state index contributed by atoms with van der Waals surface area (Å²) in [6.07, 6.45) is 6.52. The van der Waals surface area contributed by atoms with Crippen LogP contribution in [0.3, 0.4) is 0 Å². The van der Waals surface area contributed by atoms with Gasteiger partial charge < -0.3 is 9.47 Å². The lowest BCUT2D eigenvalue weighted by molar-refractivity contribution is 0.212. The van der Waals surface area contributed by atoms with Crippen LogP contribution in [-0.4, -0.2) is 13.2 Å². The van der Waals surface area contributed by atoms with Gasteiger partial charge in [0.05, 0.1) is 21.3 Å². The number of benzene rings is 2. The molecule has 4 rings (SSSR count). The first-order valence-corrected chi connectivity index (χ1v) is 12.5. The van der Waals surface area contributed by atoms with Crippen LogP contribution in [0.5, 0.6) is 11.5 Å². The third-order valence-electron chi connectivity index (χ3n) is 5.57. The third kappa shape index (κ3) is 6.09. The maximum Gasteiger partial charge on any atom is 0.137 e. The molecule has 0 fully saturated rings. The van der Waals surface area contributed by atoms with Crippen molar-refractivity contribution in [1.29, 1.82) is 0 Å². The zero-order valence-electron chi connectivity index (χ0n) is 17.4. The van der Waals surface area contributed by atoms with Gasteiger partial charge in [-0.3, -0.25) is 0 Å². The molecule has 6 heteroatoms. The highest BCUT2D eigenvalue weighted by Crippen LogP contribution is 2.33. The summed E-state index contributed by atoms with van der Waals surface area (Å²) in [6, 6.07) is 6.74. The van der Waals surface area contributed by atoms with E-state index >= 15 is 0 Å². The fourth-order valence-corrected chi connectivity index (χ4v) is 4.83. The van der Waals surface area contributed by atoms with E-state index in [0.717, 1.165) is 74.4 Å². The molecule has 2 aromatic rings. The molecule has 2 aliphatic rings. The van der Waals surface area contributed by atoms with Crippen molar-refractivity contribution in [1.82, 2.24) is 0 Å². The fourth-order valence-electron chi connectivity index (χ4n) is 4.07. The molecule has 2 aliphatic heterocycles. The molecule has 0 N–H and O–H groups in total. The zero-order valence-corrected chi connectivity index (χ0v) is 21.2. The highest BCUT2D eigenvalue weighted by Gasteiger charge is 2.21. The topological polar surface area (TPSA) is 18.5 Å². The Hall–Kier alpha value is -0.890. The average molecular weight is 593 g/mol. The van der Waals surface area contributed by atoms with Crippen molar-refractivity contribution in [3.8, 4) is 11.5 Å². The average Bonchev–Trinajstić information content (AvgIpc) is 2.71. The Bertz CT molecular complexity index is 803. The van der Waals surface area contributed by atoms with E-state index in [1.54, 1.807) is 24.3 Å². The summed E-state index contributed by atoms with van der Waals surface area (Å²) in [6.45, 7) is 5.88. The maximum absolute atomic E-state index is 13.4. The van der Waals surface area contributed by atoms with E-state index in [1.165, 1.54) is 0 Å². The van der Waals surface area contributed by atoms with Crippen molar-refractivity contribution in [2.75, 3.05) is 13.2 Å². The van der Waals surface area contributed by atoms with Crippen molar-refractivity contribution in [2.24, 2.45) is 11.8 Å². The van der Waals surface area contributed by atoms with Crippen LogP contribution in [0.4, 0.5) is 8.78 Å². The predicted octanol–water partition coefficient (Wildman–Crippen LogP) is 7.72. The molecule has 164 valence electrons. The Morgan fingerprint density at radius 2 is 1.37 bits per heavy atom. The van der Waals surface area contributed by atoms with Gasteiger partial charge in [0.2, 0.25) is 0 Å². The van der Waals surface area contributed by atoms with Gasteiger partial charge in [-0.15, -0.1) is 0 Å². The van der Waals surface area contributed by atoms with Crippen LogP contribution in [0, 0.1) is 27.0 Å². The second-order valence-electron chi connectivity index (χ2n) is 8.09. The molecule has 30 heavy (non-hydrogen) atoms. The summed E-state index contributed by atoms with van der Waals surface area (Å²) >= 11 is 5.16. The van der Waals surface area contributed by atoms with Crippen LogP contribution in [0.2, 0.25) is 0 Å². The van der Waals surface area contributed by atoms with Crippen LogP contribution >= 0.6 is 38.5 Å². The number of halogens is 4. The Balaban J connectivity index is 0.000000171. The lowest BCUT2D eigenvalue weighted by Gasteiger charge is -2.25. The Labute approximate surface area is 200 Å². The molecular formula is C24H28BrF2IO2. The monoisotopic (exact) mass is 592 g/mol. The van der Waals surface area contributed by atoms with E-state index in [0.29, 0.717) is 19.9 Å². The molecule has 2 unspecified atom stereocenters. The molecule has 0 aliphatic carbocycles. The molecule has 2 aromatic carbocycles. The quantitative estimate of drug-likeness (QED) is 0.338. The molecule has 0 saturated heterocycles. The Morgan fingerprint density at radius 1 is 0.867 bits per heavy atom. The maximum atomic E-state index is 13.4. The molecular weight excluding hydrogens is 565 g/mol. The molecule has 0 spiro atoms. The van der Waals surface area contributed by atoms with E-state index in [9.17, 15) is 8.78 Å². The molecule has 0 aromatic heterocycles. The zero-order chi connectivity index (χ0) is 21.7. The van der Waals surface area contributed by atoms with Crippen LogP contribution in [0.15, 0.2) is 28.7 Å². The van der Waals surface area contributed by atoms with Gasteiger partial charge in [0.1, 0.15) is 23.1 Å². The fraction of sp³-hybridized carbons (Fsp3) is 0.500.